The van der Waals surface area contributed by atoms with Crippen LogP contribution in [0.3, 0.4) is 0 Å². The van der Waals surface area contributed by atoms with Gasteiger partial charge in [-0.1, -0.05) is 6.07 Å². The van der Waals surface area contributed by atoms with Gasteiger partial charge in [0.15, 0.2) is 18.1 Å². The van der Waals surface area contributed by atoms with E-state index in [0.717, 1.165) is 18.7 Å². The van der Waals surface area contributed by atoms with E-state index in [4.69, 9.17) is 18.9 Å². The molecule has 1 fully saturated rings. The van der Waals surface area contributed by atoms with E-state index >= 15 is 0 Å². The molecule has 0 spiro atoms. The molecule has 0 bridgehead atoms. The molecule has 1 amide bonds. The van der Waals surface area contributed by atoms with Gasteiger partial charge in [-0.15, -0.1) is 0 Å². The lowest BCUT2D eigenvalue weighted by molar-refractivity contribution is -0.135. The molecule has 2 aromatic carbocycles. The quantitative estimate of drug-likeness (QED) is 0.558. The van der Waals surface area contributed by atoms with Gasteiger partial charge in [-0.25, -0.2) is 4.39 Å². The molecule has 168 valence electrons. The molecule has 0 atom stereocenters. The first kappa shape index (κ1) is 23.1. The van der Waals surface area contributed by atoms with Crippen LogP contribution >= 0.6 is 15.9 Å². The first-order valence-corrected chi connectivity index (χ1v) is 10.6. The van der Waals surface area contributed by atoms with Crippen LogP contribution in [0.25, 0.3) is 0 Å². The SMILES string of the molecule is COc1ccc(CN2CCN(C(=O)COc3ccc(F)cc3Br)CC2)c(OC)c1OC. The second-order valence-corrected chi connectivity index (χ2v) is 7.87. The fourth-order valence-corrected chi connectivity index (χ4v) is 3.97. The van der Waals surface area contributed by atoms with E-state index in [2.05, 4.69) is 20.8 Å². The van der Waals surface area contributed by atoms with Gasteiger partial charge in [-0.3, -0.25) is 9.69 Å². The lowest BCUT2D eigenvalue weighted by atomic mass is 10.1. The summed E-state index contributed by atoms with van der Waals surface area (Å²) in [6, 6.07) is 7.93. The van der Waals surface area contributed by atoms with Crippen molar-refractivity contribution >= 4 is 21.8 Å². The van der Waals surface area contributed by atoms with Gasteiger partial charge < -0.3 is 23.8 Å². The first-order valence-electron chi connectivity index (χ1n) is 9.82. The van der Waals surface area contributed by atoms with Gasteiger partial charge in [0.05, 0.1) is 25.8 Å². The summed E-state index contributed by atoms with van der Waals surface area (Å²) in [5.74, 6) is 1.81. The minimum absolute atomic E-state index is 0.0895. The highest BCUT2D eigenvalue weighted by atomic mass is 79.9. The summed E-state index contributed by atoms with van der Waals surface area (Å²) < 4.78 is 35.6. The fourth-order valence-electron chi connectivity index (χ4n) is 3.51. The van der Waals surface area contributed by atoms with Crippen LogP contribution in [0.5, 0.6) is 23.0 Å². The number of amides is 1. The first-order chi connectivity index (χ1) is 15.0. The van der Waals surface area contributed by atoms with Crippen molar-refractivity contribution in [3.63, 3.8) is 0 Å². The van der Waals surface area contributed by atoms with Crippen molar-refractivity contribution in [2.75, 3.05) is 54.1 Å². The average Bonchev–Trinajstić information content (AvgIpc) is 2.78. The average molecular weight is 497 g/mol. The predicted octanol–water partition coefficient (Wildman–Crippen LogP) is 3.34. The van der Waals surface area contributed by atoms with E-state index < -0.39 is 0 Å². The third-order valence-electron chi connectivity index (χ3n) is 5.15. The summed E-state index contributed by atoms with van der Waals surface area (Å²) >= 11 is 3.24. The Hall–Kier alpha value is -2.52. The molecular formula is C22H26BrFN2O5. The van der Waals surface area contributed by atoms with E-state index in [0.29, 0.717) is 47.1 Å². The second kappa shape index (κ2) is 10.7. The van der Waals surface area contributed by atoms with E-state index in [1.54, 1.807) is 26.2 Å². The summed E-state index contributed by atoms with van der Waals surface area (Å²) in [6.45, 7) is 3.23. The second-order valence-electron chi connectivity index (χ2n) is 7.01. The Bertz CT molecular complexity index is 919. The van der Waals surface area contributed by atoms with Crippen LogP contribution in [0.4, 0.5) is 4.39 Å². The minimum atomic E-state index is -0.368. The highest BCUT2D eigenvalue weighted by Crippen LogP contribution is 2.40. The molecular weight excluding hydrogens is 471 g/mol. The zero-order valence-electron chi connectivity index (χ0n) is 17.8. The summed E-state index contributed by atoms with van der Waals surface area (Å²) in [4.78, 5) is 16.5. The van der Waals surface area contributed by atoms with E-state index in [1.165, 1.54) is 18.2 Å². The molecule has 1 aliphatic heterocycles. The third-order valence-corrected chi connectivity index (χ3v) is 5.77. The summed E-state index contributed by atoms with van der Waals surface area (Å²) in [5, 5.41) is 0. The molecule has 1 heterocycles. The Labute approximate surface area is 189 Å². The molecule has 7 nitrogen and oxygen atoms in total. The van der Waals surface area contributed by atoms with Crippen LogP contribution < -0.4 is 18.9 Å². The normalized spacial score (nSPS) is 14.3. The standard InChI is InChI=1S/C22H26BrFN2O5/c1-28-19-6-4-15(21(29-2)22(19)30-3)13-25-8-10-26(11-9-25)20(27)14-31-18-7-5-16(24)12-17(18)23/h4-7,12H,8-11,13-14H2,1-3H3. The lowest BCUT2D eigenvalue weighted by Gasteiger charge is -2.35. The van der Waals surface area contributed by atoms with Gasteiger partial charge in [0.1, 0.15) is 11.6 Å². The molecule has 31 heavy (non-hydrogen) atoms. The van der Waals surface area contributed by atoms with Crippen LogP contribution in [-0.4, -0.2) is 69.8 Å². The number of ether oxygens (including phenoxy) is 4. The fraction of sp³-hybridized carbons (Fsp3) is 0.409. The van der Waals surface area contributed by atoms with Crippen LogP contribution in [0.1, 0.15) is 5.56 Å². The van der Waals surface area contributed by atoms with Gasteiger partial charge in [0.25, 0.3) is 5.91 Å². The van der Waals surface area contributed by atoms with E-state index in [1.807, 2.05) is 12.1 Å². The maximum atomic E-state index is 13.2. The molecule has 0 aromatic heterocycles. The number of hydrogen-bond donors (Lipinski definition) is 0. The monoisotopic (exact) mass is 496 g/mol. The lowest BCUT2D eigenvalue weighted by Crippen LogP contribution is -2.49. The number of methoxy groups -OCH3 is 3. The molecule has 2 aromatic rings. The zero-order valence-corrected chi connectivity index (χ0v) is 19.4. The number of piperazine rings is 1. The maximum absolute atomic E-state index is 13.2. The Morgan fingerprint density at radius 2 is 1.65 bits per heavy atom. The van der Waals surface area contributed by atoms with Crippen LogP contribution in [0.2, 0.25) is 0 Å². The van der Waals surface area contributed by atoms with E-state index in [9.17, 15) is 9.18 Å². The summed E-state index contributed by atoms with van der Waals surface area (Å²) in [7, 11) is 4.78. The van der Waals surface area contributed by atoms with Crippen molar-refractivity contribution in [1.29, 1.82) is 0 Å². The third kappa shape index (κ3) is 5.59. The van der Waals surface area contributed by atoms with Crippen molar-refractivity contribution in [2.45, 2.75) is 6.54 Å². The molecule has 9 heteroatoms. The highest BCUT2D eigenvalue weighted by Gasteiger charge is 2.24. The van der Waals surface area contributed by atoms with Crippen molar-refractivity contribution in [3.8, 4) is 23.0 Å². The van der Waals surface area contributed by atoms with Crippen LogP contribution in [0.15, 0.2) is 34.8 Å². The summed E-state index contributed by atoms with van der Waals surface area (Å²) in [6.07, 6.45) is 0. The van der Waals surface area contributed by atoms with Crippen molar-refractivity contribution < 1.29 is 28.1 Å². The molecule has 0 unspecified atom stereocenters. The largest absolute Gasteiger partial charge is 0.493 e. The zero-order chi connectivity index (χ0) is 22.4. The molecule has 1 saturated heterocycles. The number of rotatable bonds is 8. The number of nitrogens with zero attached hydrogens (tertiary/aromatic N) is 2. The van der Waals surface area contributed by atoms with E-state index in [-0.39, 0.29) is 18.3 Å². The molecule has 0 radical (unpaired) electrons. The Kier molecular flexibility index (Phi) is 7.97. The molecule has 3 rings (SSSR count). The topological polar surface area (TPSA) is 60.5 Å². The van der Waals surface area contributed by atoms with Crippen molar-refractivity contribution in [3.05, 3.63) is 46.2 Å². The maximum Gasteiger partial charge on any atom is 0.260 e. The molecule has 0 aliphatic carbocycles. The Morgan fingerprint density at radius 3 is 2.26 bits per heavy atom. The summed E-state index contributed by atoms with van der Waals surface area (Å²) in [5.41, 5.74) is 0.990. The smallest absolute Gasteiger partial charge is 0.260 e. The number of hydrogen-bond acceptors (Lipinski definition) is 6. The molecule has 0 saturated carbocycles. The van der Waals surface area contributed by atoms with Crippen molar-refractivity contribution in [2.24, 2.45) is 0 Å². The molecule has 1 aliphatic rings. The minimum Gasteiger partial charge on any atom is -0.493 e. The number of halogens is 2. The van der Waals surface area contributed by atoms with Gasteiger partial charge in [-0.2, -0.15) is 0 Å². The van der Waals surface area contributed by atoms with Gasteiger partial charge in [-0.05, 0) is 40.2 Å². The Morgan fingerprint density at radius 1 is 0.968 bits per heavy atom. The van der Waals surface area contributed by atoms with Crippen LogP contribution in [-0.2, 0) is 11.3 Å². The van der Waals surface area contributed by atoms with Gasteiger partial charge in [0.2, 0.25) is 5.75 Å². The van der Waals surface area contributed by atoms with Crippen LogP contribution in [0, 0.1) is 5.82 Å². The van der Waals surface area contributed by atoms with Gasteiger partial charge >= 0.3 is 0 Å². The van der Waals surface area contributed by atoms with Gasteiger partial charge in [0, 0.05) is 38.3 Å². The predicted molar refractivity (Wildman–Crippen MR) is 118 cm³/mol. The number of carbonyl (C=O) groups is 1. The molecule has 0 N–H and O–H groups in total. The number of benzene rings is 2. The van der Waals surface area contributed by atoms with Crippen molar-refractivity contribution in [1.82, 2.24) is 9.80 Å². The highest BCUT2D eigenvalue weighted by molar-refractivity contribution is 9.10. The number of carbonyl (C=O) groups excluding carboxylic acids is 1. The Balaban J connectivity index is 1.54.